The standard InChI is InChI=1S/C11H16BrN3O4S/c1-3-13-8(2)7-14-20(18,19)11-6-9(12)4-5-10(11)15(16)17/h4-6,8,13-14H,3,7H2,1-2H3/t8-/m1/s1. The molecule has 1 rings (SSSR count). The first kappa shape index (κ1) is 17.0. The zero-order valence-corrected chi connectivity index (χ0v) is 13.5. The van der Waals surface area contributed by atoms with Crippen LogP contribution in [0, 0.1) is 10.1 Å². The number of nitrogens with one attached hydrogen (secondary N) is 2. The molecule has 0 saturated carbocycles. The lowest BCUT2D eigenvalue weighted by molar-refractivity contribution is -0.387. The van der Waals surface area contributed by atoms with Gasteiger partial charge in [0.1, 0.15) is 0 Å². The molecule has 0 amide bonds. The maximum absolute atomic E-state index is 12.2. The van der Waals surface area contributed by atoms with Gasteiger partial charge in [-0.05, 0) is 25.6 Å². The molecule has 0 aromatic heterocycles. The van der Waals surface area contributed by atoms with Crippen LogP contribution < -0.4 is 10.0 Å². The van der Waals surface area contributed by atoms with E-state index in [0.717, 1.165) is 6.07 Å². The number of hydrogen-bond donors (Lipinski definition) is 2. The zero-order chi connectivity index (χ0) is 15.3. The van der Waals surface area contributed by atoms with E-state index in [2.05, 4.69) is 26.0 Å². The molecule has 0 heterocycles. The molecule has 0 unspecified atom stereocenters. The highest BCUT2D eigenvalue weighted by atomic mass is 79.9. The lowest BCUT2D eigenvalue weighted by Gasteiger charge is -2.13. The molecule has 0 spiro atoms. The minimum absolute atomic E-state index is 0.0685. The third-order valence-corrected chi connectivity index (χ3v) is 4.49. The van der Waals surface area contributed by atoms with Gasteiger partial charge in [0.2, 0.25) is 10.0 Å². The smallest absolute Gasteiger partial charge is 0.289 e. The first-order valence-electron chi connectivity index (χ1n) is 5.95. The summed E-state index contributed by atoms with van der Waals surface area (Å²) in [4.78, 5) is 9.85. The predicted molar refractivity (Wildman–Crippen MR) is 79.1 cm³/mol. The molecule has 1 aromatic rings. The average molecular weight is 366 g/mol. The molecule has 20 heavy (non-hydrogen) atoms. The summed E-state index contributed by atoms with van der Waals surface area (Å²) >= 11 is 3.12. The second-order valence-corrected chi connectivity index (χ2v) is 6.83. The van der Waals surface area contributed by atoms with Gasteiger partial charge in [-0.2, -0.15) is 0 Å². The number of likely N-dealkylation sites (N-methyl/N-ethyl adjacent to an activating group) is 1. The quantitative estimate of drug-likeness (QED) is 0.564. The second kappa shape index (κ2) is 7.11. The van der Waals surface area contributed by atoms with E-state index >= 15 is 0 Å². The van der Waals surface area contributed by atoms with Crippen LogP contribution in [0.2, 0.25) is 0 Å². The number of halogens is 1. The summed E-state index contributed by atoms with van der Waals surface area (Å²) in [6, 6.07) is 3.74. The van der Waals surface area contributed by atoms with Crippen molar-refractivity contribution in [3.05, 3.63) is 32.8 Å². The molecule has 0 bridgehead atoms. The Bertz CT molecular complexity index is 591. The average Bonchev–Trinajstić information content (AvgIpc) is 2.36. The molecule has 0 fully saturated rings. The lowest BCUT2D eigenvalue weighted by Crippen LogP contribution is -2.38. The van der Waals surface area contributed by atoms with E-state index in [4.69, 9.17) is 0 Å². The molecular formula is C11H16BrN3O4S. The van der Waals surface area contributed by atoms with Crippen molar-refractivity contribution in [1.82, 2.24) is 10.0 Å². The van der Waals surface area contributed by atoms with Crippen molar-refractivity contribution in [2.24, 2.45) is 0 Å². The third-order valence-electron chi connectivity index (χ3n) is 2.54. The van der Waals surface area contributed by atoms with Crippen LogP contribution in [0.15, 0.2) is 27.6 Å². The number of nitro groups is 1. The van der Waals surface area contributed by atoms with Crippen molar-refractivity contribution in [1.29, 1.82) is 0 Å². The molecule has 0 aliphatic heterocycles. The van der Waals surface area contributed by atoms with E-state index < -0.39 is 20.6 Å². The molecule has 7 nitrogen and oxygen atoms in total. The molecule has 0 radical (unpaired) electrons. The SMILES string of the molecule is CCN[C@H](C)CNS(=O)(=O)c1cc(Br)ccc1[N+](=O)[O-]. The Morgan fingerprint density at radius 2 is 2.10 bits per heavy atom. The largest absolute Gasteiger partial charge is 0.313 e. The Kier molecular flexibility index (Phi) is 6.06. The van der Waals surface area contributed by atoms with Gasteiger partial charge in [-0.3, -0.25) is 10.1 Å². The number of rotatable bonds is 7. The molecule has 0 aliphatic rings. The Labute approximate surface area is 126 Å². The van der Waals surface area contributed by atoms with Crippen LogP contribution in [0.5, 0.6) is 0 Å². The van der Waals surface area contributed by atoms with Gasteiger partial charge in [-0.1, -0.05) is 22.9 Å². The van der Waals surface area contributed by atoms with E-state index in [9.17, 15) is 18.5 Å². The highest BCUT2D eigenvalue weighted by Crippen LogP contribution is 2.26. The Hall–Kier alpha value is -1.03. The molecule has 9 heteroatoms. The lowest BCUT2D eigenvalue weighted by atomic mass is 10.3. The van der Waals surface area contributed by atoms with Crippen molar-refractivity contribution >= 4 is 31.6 Å². The van der Waals surface area contributed by atoms with Crippen LogP contribution in [0.4, 0.5) is 5.69 Å². The van der Waals surface area contributed by atoms with Crippen LogP contribution in [-0.2, 0) is 10.0 Å². The Morgan fingerprint density at radius 3 is 2.65 bits per heavy atom. The van der Waals surface area contributed by atoms with Crippen molar-refractivity contribution in [2.75, 3.05) is 13.1 Å². The van der Waals surface area contributed by atoms with E-state index in [1.165, 1.54) is 12.1 Å². The van der Waals surface area contributed by atoms with Gasteiger partial charge in [0.25, 0.3) is 5.69 Å². The first-order chi connectivity index (χ1) is 9.27. The van der Waals surface area contributed by atoms with Gasteiger partial charge in [-0.25, -0.2) is 13.1 Å². The third kappa shape index (κ3) is 4.51. The number of hydrogen-bond acceptors (Lipinski definition) is 5. The van der Waals surface area contributed by atoms with Gasteiger partial charge < -0.3 is 5.32 Å². The maximum atomic E-state index is 12.2. The normalized spacial score (nSPS) is 13.2. The highest BCUT2D eigenvalue weighted by molar-refractivity contribution is 9.10. The van der Waals surface area contributed by atoms with Crippen molar-refractivity contribution < 1.29 is 13.3 Å². The molecule has 2 N–H and O–H groups in total. The van der Waals surface area contributed by atoms with E-state index in [1.807, 2.05) is 13.8 Å². The number of nitro benzene ring substituents is 1. The summed E-state index contributed by atoms with van der Waals surface area (Å²) in [5, 5.41) is 14.0. The van der Waals surface area contributed by atoms with Gasteiger partial charge >= 0.3 is 0 Å². The predicted octanol–water partition coefficient (Wildman–Crippen LogP) is 1.63. The molecule has 0 aliphatic carbocycles. The number of benzene rings is 1. The fraction of sp³-hybridized carbons (Fsp3) is 0.455. The fourth-order valence-corrected chi connectivity index (χ4v) is 3.42. The maximum Gasteiger partial charge on any atom is 0.289 e. The summed E-state index contributed by atoms with van der Waals surface area (Å²) in [6.07, 6.45) is 0. The van der Waals surface area contributed by atoms with E-state index in [-0.39, 0.29) is 17.5 Å². The van der Waals surface area contributed by atoms with Crippen molar-refractivity contribution in [3.63, 3.8) is 0 Å². The summed E-state index contributed by atoms with van der Waals surface area (Å²) in [5.41, 5.74) is -0.447. The summed E-state index contributed by atoms with van der Waals surface area (Å²) in [5.74, 6) is 0. The van der Waals surface area contributed by atoms with Gasteiger partial charge in [-0.15, -0.1) is 0 Å². The van der Waals surface area contributed by atoms with Crippen LogP contribution in [0.3, 0.4) is 0 Å². The van der Waals surface area contributed by atoms with Crippen LogP contribution >= 0.6 is 15.9 Å². The minimum atomic E-state index is -3.93. The van der Waals surface area contributed by atoms with Gasteiger partial charge in [0, 0.05) is 23.1 Å². The van der Waals surface area contributed by atoms with Gasteiger partial charge in [0.15, 0.2) is 4.90 Å². The molecule has 0 saturated heterocycles. The van der Waals surface area contributed by atoms with Crippen LogP contribution in [0.25, 0.3) is 0 Å². The summed E-state index contributed by atoms with van der Waals surface area (Å²) in [7, 11) is -3.93. The Morgan fingerprint density at radius 1 is 1.45 bits per heavy atom. The number of sulfonamides is 1. The fourth-order valence-electron chi connectivity index (χ4n) is 1.59. The van der Waals surface area contributed by atoms with E-state index in [1.54, 1.807) is 0 Å². The molecule has 112 valence electrons. The molecule has 1 aromatic carbocycles. The highest BCUT2D eigenvalue weighted by Gasteiger charge is 2.26. The summed E-state index contributed by atoms with van der Waals surface area (Å²) in [6.45, 7) is 4.59. The second-order valence-electron chi connectivity index (χ2n) is 4.18. The van der Waals surface area contributed by atoms with Gasteiger partial charge in [0.05, 0.1) is 4.92 Å². The van der Waals surface area contributed by atoms with E-state index in [0.29, 0.717) is 11.0 Å². The minimum Gasteiger partial charge on any atom is -0.313 e. The van der Waals surface area contributed by atoms with Crippen LogP contribution in [0.1, 0.15) is 13.8 Å². The Balaban J connectivity index is 3.03. The first-order valence-corrected chi connectivity index (χ1v) is 8.22. The molecule has 1 atom stereocenters. The number of nitrogens with zero attached hydrogens (tertiary/aromatic N) is 1. The topological polar surface area (TPSA) is 101 Å². The summed E-state index contributed by atoms with van der Waals surface area (Å²) < 4.78 is 27.1. The zero-order valence-electron chi connectivity index (χ0n) is 11.1. The molecular weight excluding hydrogens is 350 g/mol. The monoisotopic (exact) mass is 365 g/mol. The van der Waals surface area contributed by atoms with Crippen molar-refractivity contribution in [2.45, 2.75) is 24.8 Å². The van der Waals surface area contributed by atoms with Crippen molar-refractivity contribution in [3.8, 4) is 0 Å². The van der Waals surface area contributed by atoms with Crippen LogP contribution in [-0.4, -0.2) is 32.5 Å².